The fourth-order valence-corrected chi connectivity index (χ4v) is 5.99. The van der Waals surface area contributed by atoms with Gasteiger partial charge in [-0.25, -0.2) is 0 Å². The van der Waals surface area contributed by atoms with Crippen LogP contribution in [0.5, 0.6) is 5.75 Å². The van der Waals surface area contributed by atoms with Gasteiger partial charge in [-0.15, -0.1) is 11.3 Å². The summed E-state index contributed by atoms with van der Waals surface area (Å²) in [7, 11) is 0. The van der Waals surface area contributed by atoms with Gasteiger partial charge in [0.15, 0.2) is 6.61 Å². The Morgan fingerprint density at radius 3 is 2.46 bits per heavy atom. The van der Waals surface area contributed by atoms with Gasteiger partial charge in [-0.1, -0.05) is 56.1 Å². The van der Waals surface area contributed by atoms with Crippen LogP contribution < -0.4 is 15.4 Å². The van der Waals surface area contributed by atoms with Crippen molar-refractivity contribution in [2.75, 3.05) is 17.2 Å². The van der Waals surface area contributed by atoms with Crippen molar-refractivity contribution in [3.8, 4) is 5.75 Å². The predicted molar refractivity (Wildman–Crippen MR) is 144 cm³/mol. The van der Waals surface area contributed by atoms with E-state index < -0.39 is 0 Å². The van der Waals surface area contributed by atoms with Gasteiger partial charge in [0, 0.05) is 20.6 Å². The zero-order valence-electron chi connectivity index (χ0n) is 19.9. The number of benzene rings is 2. The molecule has 0 radical (unpaired) electrons. The number of fused-ring (bicyclic) bond motifs is 1. The molecule has 0 aliphatic heterocycles. The van der Waals surface area contributed by atoms with E-state index in [2.05, 4.69) is 31.4 Å². The van der Waals surface area contributed by atoms with Gasteiger partial charge in [0.2, 0.25) is 0 Å². The van der Waals surface area contributed by atoms with Crippen LogP contribution in [-0.2, 0) is 17.6 Å². The first kappa shape index (κ1) is 25.5. The molecule has 35 heavy (non-hydrogen) atoms. The van der Waals surface area contributed by atoms with Crippen molar-refractivity contribution in [3.63, 3.8) is 0 Å². The van der Waals surface area contributed by atoms with E-state index in [9.17, 15) is 9.59 Å². The second-order valence-corrected chi connectivity index (χ2v) is 11.8. The first-order chi connectivity index (χ1) is 16.6. The molecule has 1 atom stereocenters. The number of hydrogen-bond donors (Lipinski definition) is 2. The Hall–Kier alpha value is -2.54. The number of thiophene rings is 1. The highest BCUT2D eigenvalue weighted by Gasteiger charge is 2.34. The maximum absolute atomic E-state index is 13.4. The lowest BCUT2D eigenvalue weighted by Gasteiger charge is -2.33. The van der Waals surface area contributed by atoms with Crippen LogP contribution in [0.3, 0.4) is 0 Å². The van der Waals surface area contributed by atoms with Crippen molar-refractivity contribution in [1.29, 1.82) is 0 Å². The lowest BCUT2D eigenvalue weighted by molar-refractivity contribution is -0.118. The molecule has 184 valence electrons. The molecule has 8 heteroatoms. The Labute approximate surface area is 219 Å². The number of carbonyl (C=O) groups excluding carboxylic acids is 2. The summed E-state index contributed by atoms with van der Waals surface area (Å²) < 4.78 is 5.59. The minimum atomic E-state index is -0.340. The second-order valence-electron chi connectivity index (χ2n) is 9.77. The molecule has 5 nitrogen and oxygen atoms in total. The van der Waals surface area contributed by atoms with E-state index in [-0.39, 0.29) is 23.8 Å². The molecule has 1 unspecified atom stereocenters. The molecule has 1 aliphatic rings. The number of rotatable bonds is 6. The average Bonchev–Trinajstić information content (AvgIpc) is 3.14. The summed E-state index contributed by atoms with van der Waals surface area (Å²) >= 11 is 13.6. The number of halogens is 2. The molecular weight excluding hydrogens is 503 g/mol. The fraction of sp³-hybridized carbons (Fsp3) is 0.333. The van der Waals surface area contributed by atoms with Crippen molar-refractivity contribution in [1.82, 2.24) is 0 Å². The summed E-state index contributed by atoms with van der Waals surface area (Å²) in [4.78, 5) is 27.3. The molecule has 0 saturated heterocycles. The highest BCUT2D eigenvalue weighted by Crippen LogP contribution is 2.44. The van der Waals surface area contributed by atoms with E-state index in [1.54, 1.807) is 48.5 Å². The lowest BCUT2D eigenvalue weighted by Crippen LogP contribution is -2.27. The largest absolute Gasteiger partial charge is 0.484 e. The van der Waals surface area contributed by atoms with Crippen LogP contribution in [-0.4, -0.2) is 18.4 Å². The van der Waals surface area contributed by atoms with Crippen LogP contribution in [0.15, 0.2) is 48.5 Å². The molecule has 1 aliphatic carbocycles. The van der Waals surface area contributed by atoms with Crippen LogP contribution >= 0.6 is 34.5 Å². The number of anilines is 2. The van der Waals surface area contributed by atoms with Crippen molar-refractivity contribution in [3.05, 3.63) is 74.6 Å². The Kier molecular flexibility index (Phi) is 7.74. The minimum Gasteiger partial charge on any atom is -0.484 e. The summed E-state index contributed by atoms with van der Waals surface area (Å²) in [6, 6.07) is 13.9. The van der Waals surface area contributed by atoms with Gasteiger partial charge in [-0.3, -0.25) is 9.59 Å². The van der Waals surface area contributed by atoms with Crippen molar-refractivity contribution >= 4 is 57.0 Å². The molecule has 3 aromatic rings. The van der Waals surface area contributed by atoms with E-state index in [4.69, 9.17) is 27.9 Å². The van der Waals surface area contributed by atoms with Crippen molar-refractivity contribution in [2.45, 2.75) is 40.0 Å². The van der Waals surface area contributed by atoms with Gasteiger partial charge in [0.1, 0.15) is 10.8 Å². The van der Waals surface area contributed by atoms with Crippen LogP contribution in [0.25, 0.3) is 0 Å². The molecule has 2 amide bonds. The monoisotopic (exact) mass is 530 g/mol. The van der Waals surface area contributed by atoms with E-state index in [1.165, 1.54) is 11.3 Å². The van der Waals surface area contributed by atoms with Crippen LogP contribution in [0.1, 0.15) is 48.0 Å². The van der Waals surface area contributed by atoms with E-state index in [1.807, 2.05) is 0 Å². The topological polar surface area (TPSA) is 67.4 Å². The van der Waals surface area contributed by atoms with Gasteiger partial charge in [0.05, 0.1) is 5.56 Å². The summed E-state index contributed by atoms with van der Waals surface area (Å²) in [6.45, 7) is 6.56. The van der Waals surface area contributed by atoms with Gasteiger partial charge in [-0.2, -0.15) is 0 Å². The number of hydrogen-bond acceptors (Lipinski definition) is 4. The summed E-state index contributed by atoms with van der Waals surface area (Å²) in [5.74, 6) is 0.412. The van der Waals surface area contributed by atoms with E-state index >= 15 is 0 Å². The highest BCUT2D eigenvalue weighted by molar-refractivity contribution is 7.17. The van der Waals surface area contributed by atoms with Gasteiger partial charge >= 0.3 is 0 Å². The van der Waals surface area contributed by atoms with Gasteiger partial charge < -0.3 is 15.4 Å². The third-order valence-corrected chi connectivity index (χ3v) is 7.86. The zero-order valence-corrected chi connectivity index (χ0v) is 22.2. The Bertz CT molecular complexity index is 1250. The highest BCUT2D eigenvalue weighted by atomic mass is 35.5. The van der Waals surface area contributed by atoms with Crippen LogP contribution in [0.2, 0.25) is 10.0 Å². The maximum Gasteiger partial charge on any atom is 0.262 e. The first-order valence-corrected chi connectivity index (χ1v) is 13.1. The molecule has 1 heterocycles. The van der Waals surface area contributed by atoms with Crippen LogP contribution in [0, 0.1) is 11.3 Å². The molecule has 0 saturated carbocycles. The van der Waals surface area contributed by atoms with Gasteiger partial charge in [0.25, 0.3) is 11.8 Å². The molecule has 2 N–H and O–H groups in total. The molecule has 0 spiro atoms. The predicted octanol–water partition coefficient (Wildman–Crippen LogP) is 7.48. The zero-order chi connectivity index (χ0) is 25.2. The number of ether oxygens (including phenoxy) is 1. The summed E-state index contributed by atoms with van der Waals surface area (Å²) in [6.07, 6.45) is 2.67. The Balaban J connectivity index is 1.57. The lowest BCUT2D eigenvalue weighted by atomic mass is 9.72. The first-order valence-electron chi connectivity index (χ1n) is 11.5. The van der Waals surface area contributed by atoms with E-state index in [0.29, 0.717) is 38.0 Å². The standard InChI is InChI=1S/C27H28Cl2N2O3S/c1-27(2,3)16-10-11-21-22(12-16)35-26(24(21)25(33)30-19-8-4-6-17(28)13-19)31-23(32)15-34-20-9-5-7-18(29)14-20/h4-9,13-14,16H,10-12,15H2,1-3H3,(H,30,33)(H,31,32). The molecular formula is C27H28Cl2N2O3S. The Morgan fingerprint density at radius 2 is 1.77 bits per heavy atom. The molecule has 0 bridgehead atoms. The van der Waals surface area contributed by atoms with E-state index in [0.717, 1.165) is 29.7 Å². The van der Waals surface area contributed by atoms with Crippen molar-refractivity contribution < 1.29 is 14.3 Å². The third-order valence-electron chi connectivity index (χ3n) is 6.22. The van der Waals surface area contributed by atoms with Crippen LogP contribution in [0.4, 0.5) is 10.7 Å². The molecule has 0 fully saturated rings. The molecule has 2 aromatic carbocycles. The SMILES string of the molecule is CC(C)(C)C1CCc2c(sc(NC(=O)COc3cccc(Cl)c3)c2C(=O)Nc2cccc(Cl)c2)C1. The number of carbonyl (C=O) groups is 2. The summed E-state index contributed by atoms with van der Waals surface area (Å²) in [5, 5.41) is 7.47. The molecule has 1 aromatic heterocycles. The third kappa shape index (κ3) is 6.37. The normalized spacial score (nSPS) is 15.3. The number of nitrogens with one attached hydrogen (secondary N) is 2. The van der Waals surface area contributed by atoms with Gasteiger partial charge in [-0.05, 0) is 72.6 Å². The summed E-state index contributed by atoms with van der Waals surface area (Å²) in [5.41, 5.74) is 2.31. The second kappa shape index (κ2) is 10.6. The fourth-order valence-electron chi connectivity index (χ4n) is 4.28. The average molecular weight is 532 g/mol. The van der Waals surface area contributed by atoms with Crippen molar-refractivity contribution in [2.24, 2.45) is 11.3 Å². The Morgan fingerprint density at radius 1 is 1.06 bits per heavy atom. The quantitative estimate of drug-likeness (QED) is 0.347. The minimum absolute atomic E-state index is 0.166. The maximum atomic E-state index is 13.4. The smallest absolute Gasteiger partial charge is 0.262 e. The number of amides is 2. The molecule has 4 rings (SSSR count).